The molecule has 0 amide bonds. The molecule has 69 heavy (non-hydrogen) atoms. The molecule has 1 saturated heterocycles. The molecule has 2 spiro atoms. The first kappa shape index (κ1) is 38.8. The standard InChI is InChI=1S/C64H77N3O2/c68-40(69-30-7-2-1-6-26-66-28-10-29-67-27-9-25-65-61(66)67)13-8-22-62(31-11-4-3-5-12-31)63-23-20-38-36-18-16-34-32-14-15-33-35-17-19-37-39-21-24-64(62,63)60-48(39)52-46(37)44(35)50-42(33)41(32)49-43(34)45(36)51-47(38)59(63)58(60)57-55(51)53(49)54(50)56(52)57/h3-5,11-12,16,18,20-21,23-24,32-39,41-60H,1-2,6-10,13-15,17,19,22,25-30H2. The molecule has 17 aliphatic carbocycles. The van der Waals surface area contributed by atoms with Gasteiger partial charge in [-0.25, -0.2) is 0 Å². The van der Waals surface area contributed by atoms with Gasteiger partial charge in [0.05, 0.1) is 6.61 Å². The third-order valence-electron chi connectivity index (χ3n) is 29.2. The largest absolute Gasteiger partial charge is 0.466 e. The summed E-state index contributed by atoms with van der Waals surface area (Å²) in [7, 11) is 0. The van der Waals surface area contributed by atoms with E-state index in [9.17, 15) is 4.79 Å². The minimum Gasteiger partial charge on any atom is -0.466 e. The maximum atomic E-state index is 13.9. The molecule has 1 aromatic rings. The van der Waals surface area contributed by atoms with Crippen LogP contribution >= 0.6 is 0 Å². The van der Waals surface area contributed by atoms with Crippen molar-refractivity contribution in [3.05, 3.63) is 72.4 Å². The van der Waals surface area contributed by atoms with Gasteiger partial charge in [-0.2, -0.15) is 0 Å². The number of rotatable bonds is 12. The Morgan fingerprint density at radius 3 is 1.90 bits per heavy atom. The molecule has 2 aliphatic heterocycles. The zero-order valence-electron chi connectivity index (χ0n) is 41.1. The van der Waals surface area contributed by atoms with Crippen molar-refractivity contribution in [2.24, 2.45) is 182 Å². The molecule has 0 bridgehead atoms. The van der Waals surface area contributed by atoms with Crippen LogP contribution in [0.3, 0.4) is 0 Å². The third kappa shape index (κ3) is 3.81. The Kier molecular flexibility index (Phi) is 7.06. The van der Waals surface area contributed by atoms with Gasteiger partial charge in [0.25, 0.3) is 0 Å². The Morgan fingerprint density at radius 2 is 1.12 bits per heavy atom. The summed E-state index contributed by atoms with van der Waals surface area (Å²) < 4.78 is 6.15. The Hall–Kier alpha value is -2.82. The van der Waals surface area contributed by atoms with E-state index in [1.807, 2.05) is 0 Å². The fourth-order valence-electron chi connectivity index (χ4n) is 29.9. The van der Waals surface area contributed by atoms with Crippen LogP contribution in [0.2, 0.25) is 0 Å². The lowest BCUT2D eigenvalue weighted by atomic mass is 9.40. The van der Waals surface area contributed by atoms with Crippen LogP contribution in [0.25, 0.3) is 0 Å². The summed E-state index contributed by atoms with van der Waals surface area (Å²) in [6.45, 7) is 6.21. The number of esters is 1. The van der Waals surface area contributed by atoms with E-state index in [4.69, 9.17) is 9.73 Å². The van der Waals surface area contributed by atoms with Gasteiger partial charge in [0.1, 0.15) is 0 Å². The SMILES string of the molecule is O=C(CCCC1(c2ccccc2)C23C=CC4C5C=CC6C7CCC8C9CCC%10C%11C=CC12C1C%11C2C%10C9C9C8C7C7C6C5C5C6C7C9C2C6C1C3C45)OCCCCCCN1CCCN2CCCN=C12. The molecule has 31 unspecified atom stereocenters. The van der Waals surface area contributed by atoms with E-state index in [0.717, 1.165) is 211 Å². The fourth-order valence-corrected chi connectivity index (χ4v) is 29.9. The predicted octanol–water partition coefficient (Wildman–Crippen LogP) is 10.7. The summed E-state index contributed by atoms with van der Waals surface area (Å²) in [5.74, 6) is 29.2. The molecule has 5 heteroatoms. The van der Waals surface area contributed by atoms with Gasteiger partial charge in [0, 0.05) is 55.4 Å². The third-order valence-corrected chi connectivity index (χ3v) is 29.2. The van der Waals surface area contributed by atoms with Crippen LogP contribution in [0.1, 0.15) is 89.0 Å². The minimum absolute atomic E-state index is 0.0662. The minimum atomic E-state index is 0.0662. The lowest BCUT2D eigenvalue weighted by molar-refractivity contribution is -0.157. The summed E-state index contributed by atoms with van der Waals surface area (Å²) in [5, 5.41) is 0. The summed E-state index contributed by atoms with van der Waals surface area (Å²) in [6.07, 6.45) is 34.2. The molecule has 1 aromatic carbocycles. The molecule has 20 rings (SSSR count). The monoisotopic (exact) mass is 920 g/mol. The van der Waals surface area contributed by atoms with E-state index in [0.29, 0.717) is 13.0 Å². The van der Waals surface area contributed by atoms with Crippen molar-refractivity contribution in [3.8, 4) is 0 Å². The highest BCUT2D eigenvalue weighted by Gasteiger charge is 3.00. The van der Waals surface area contributed by atoms with Gasteiger partial charge in [-0.15, -0.1) is 0 Å². The van der Waals surface area contributed by atoms with Crippen LogP contribution in [-0.4, -0.2) is 61.1 Å². The first-order valence-corrected chi connectivity index (χ1v) is 30.5. The van der Waals surface area contributed by atoms with Crippen molar-refractivity contribution in [2.75, 3.05) is 39.3 Å². The summed E-state index contributed by atoms with van der Waals surface area (Å²) >= 11 is 0. The molecule has 2 heterocycles. The zero-order valence-corrected chi connectivity index (χ0v) is 41.1. The summed E-state index contributed by atoms with van der Waals surface area (Å²) in [6, 6.07) is 12.3. The molecule has 19 aliphatic rings. The summed E-state index contributed by atoms with van der Waals surface area (Å²) in [4.78, 5) is 23.9. The second kappa shape index (κ2) is 12.6. The molecule has 0 N–H and O–H groups in total. The number of hydrogen-bond acceptors (Lipinski definition) is 5. The van der Waals surface area contributed by atoms with Crippen molar-refractivity contribution in [3.63, 3.8) is 0 Å². The lowest BCUT2D eigenvalue weighted by Crippen LogP contribution is -2.61. The molecule has 31 atom stereocenters. The van der Waals surface area contributed by atoms with Crippen LogP contribution in [-0.2, 0) is 14.9 Å². The van der Waals surface area contributed by atoms with Crippen molar-refractivity contribution < 1.29 is 9.53 Å². The quantitative estimate of drug-likeness (QED) is 0.119. The van der Waals surface area contributed by atoms with E-state index >= 15 is 0 Å². The molecular weight excluding hydrogens is 843 g/mol. The highest BCUT2D eigenvalue weighted by Crippen LogP contribution is 3.02. The molecule has 14 saturated carbocycles. The number of guanidine groups is 1. The molecular formula is C64H77N3O2. The highest BCUT2D eigenvalue weighted by molar-refractivity contribution is 5.81. The number of hydrogen-bond donors (Lipinski definition) is 0. The number of fused-ring (bicyclic) bond motifs is 5. The maximum absolute atomic E-state index is 13.9. The van der Waals surface area contributed by atoms with Crippen LogP contribution in [0.15, 0.2) is 71.8 Å². The normalized spacial score (nSPS) is 61.7. The highest BCUT2D eigenvalue weighted by atomic mass is 16.5. The van der Waals surface area contributed by atoms with Crippen molar-refractivity contribution >= 4 is 11.9 Å². The van der Waals surface area contributed by atoms with Gasteiger partial charge < -0.3 is 14.5 Å². The first-order chi connectivity index (χ1) is 34.2. The van der Waals surface area contributed by atoms with Gasteiger partial charge in [-0.3, -0.25) is 9.79 Å². The van der Waals surface area contributed by atoms with Gasteiger partial charge in [-0.05, 0) is 242 Å². The lowest BCUT2D eigenvalue weighted by Gasteiger charge is -2.64. The number of benzene rings is 1. The van der Waals surface area contributed by atoms with Gasteiger partial charge in [0.15, 0.2) is 5.96 Å². The fraction of sp³-hybridized carbons (Fsp3) is 0.781. The Morgan fingerprint density at radius 1 is 0.551 bits per heavy atom. The second-order valence-electron chi connectivity index (χ2n) is 29.0. The van der Waals surface area contributed by atoms with Gasteiger partial charge in [0.2, 0.25) is 0 Å². The van der Waals surface area contributed by atoms with E-state index in [2.05, 4.69) is 76.6 Å². The topological polar surface area (TPSA) is 45.1 Å². The number of carbonyl (C=O) groups excluding carboxylic acids is 1. The average molecular weight is 920 g/mol. The Balaban J connectivity index is 0.658. The Labute approximate surface area is 411 Å². The van der Waals surface area contributed by atoms with Crippen LogP contribution < -0.4 is 0 Å². The molecule has 360 valence electrons. The average Bonchev–Trinajstić information content (AvgIpc) is 4.11. The van der Waals surface area contributed by atoms with Crippen molar-refractivity contribution in [1.82, 2.24) is 9.80 Å². The number of allylic oxidation sites excluding steroid dienone is 6. The van der Waals surface area contributed by atoms with E-state index in [-0.39, 0.29) is 22.2 Å². The van der Waals surface area contributed by atoms with Crippen LogP contribution in [0.4, 0.5) is 0 Å². The Bertz CT molecular complexity index is 2600. The maximum Gasteiger partial charge on any atom is 0.305 e. The zero-order chi connectivity index (χ0) is 44.2. The predicted molar refractivity (Wildman–Crippen MR) is 265 cm³/mol. The molecule has 0 aromatic heterocycles. The number of nitrogens with zero attached hydrogens (tertiary/aromatic N) is 3. The smallest absolute Gasteiger partial charge is 0.305 e. The van der Waals surface area contributed by atoms with Gasteiger partial charge in [-0.1, -0.05) is 73.2 Å². The molecule has 15 fully saturated rings. The number of ether oxygens (including phenoxy) is 1. The van der Waals surface area contributed by atoms with Crippen molar-refractivity contribution in [1.29, 1.82) is 0 Å². The molecule has 0 radical (unpaired) electrons. The van der Waals surface area contributed by atoms with Crippen LogP contribution in [0.5, 0.6) is 0 Å². The van der Waals surface area contributed by atoms with Crippen molar-refractivity contribution in [2.45, 2.75) is 88.9 Å². The number of carbonyl (C=O) groups is 1. The number of unbranched alkanes of at least 4 members (excludes halogenated alkanes) is 3. The summed E-state index contributed by atoms with van der Waals surface area (Å²) in [5.41, 5.74) is 2.14. The van der Waals surface area contributed by atoms with E-state index in [1.54, 1.807) is 31.2 Å². The van der Waals surface area contributed by atoms with Crippen LogP contribution in [0, 0.1) is 177 Å². The van der Waals surface area contributed by atoms with Gasteiger partial charge >= 0.3 is 5.97 Å². The van der Waals surface area contributed by atoms with E-state index < -0.39 is 0 Å². The number of aliphatic imine (C=N–C) groups is 1. The first-order valence-electron chi connectivity index (χ1n) is 30.5. The second-order valence-corrected chi connectivity index (χ2v) is 29.0. The molecule has 5 nitrogen and oxygen atoms in total. The van der Waals surface area contributed by atoms with E-state index in [1.165, 1.54) is 44.7 Å².